The SMILES string of the molecule is CC(C)Cn1c2c(ccc1=O)CC(NC(=O)c1cscn1)CC2. The number of hydrogen-bond acceptors (Lipinski definition) is 4. The van der Waals surface area contributed by atoms with E-state index in [0.717, 1.165) is 31.5 Å². The molecule has 1 aliphatic carbocycles. The number of carbonyl (C=O) groups excluding carboxylic acids is 1. The molecule has 3 rings (SSSR count). The molecule has 1 amide bonds. The fourth-order valence-electron chi connectivity index (χ4n) is 3.10. The van der Waals surface area contributed by atoms with Crippen molar-refractivity contribution in [3.63, 3.8) is 0 Å². The summed E-state index contributed by atoms with van der Waals surface area (Å²) in [5.41, 5.74) is 4.51. The monoisotopic (exact) mass is 331 g/mol. The minimum atomic E-state index is -0.116. The molecule has 0 bridgehead atoms. The molecule has 0 spiro atoms. The second-order valence-electron chi connectivity index (χ2n) is 6.43. The lowest BCUT2D eigenvalue weighted by molar-refractivity contribution is 0.0929. The Kier molecular flexibility index (Phi) is 4.61. The maximum absolute atomic E-state index is 12.1. The molecular weight excluding hydrogens is 310 g/mol. The van der Waals surface area contributed by atoms with E-state index in [-0.39, 0.29) is 17.5 Å². The van der Waals surface area contributed by atoms with Crippen LogP contribution in [0.25, 0.3) is 0 Å². The van der Waals surface area contributed by atoms with Crippen LogP contribution < -0.4 is 10.9 Å². The molecule has 0 radical (unpaired) electrons. The van der Waals surface area contributed by atoms with Gasteiger partial charge in [0.25, 0.3) is 11.5 Å². The van der Waals surface area contributed by atoms with E-state index in [4.69, 9.17) is 0 Å². The fraction of sp³-hybridized carbons (Fsp3) is 0.471. The summed E-state index contributed by atoms with van der Waals surface area (Å²) >= 11 is 1.42. The summed E-state index contributed by atoms with van der Waals surface area (Å²) in [6, 6.07) is 3.66. The van der Waals surface area contributed by atoms with Gasteiger partial charge < -0.3 is 9.88 Å². The molecule has 0 aromatic carbocycles. The molecule has 0 aliphatic heterocycles. The maximum Gasteiger partial charge on any atom is 0.270 e. The van der Waals surface area contributed by atoms with Crippen molar-refractivity contribution < 1.29 is 4.79 Å². The molecular formula is C17H21N3O2S. The molecule has 23 heavy (non-hydrogen) atoms. The molecule has 0 saturated carbocycles. The molecule has 1 N–H and O–H groups in total. The molecule has 2 aromatic heterocycles. The number of aromatic nitrogens is 2. The van der Waals surface area contributed by atoms with Crippen molar-refractivity contribution in [2.24, 2.45) is 5.92 Å². The molecule has 0 fully saturated rings. The summed E-state index contributed by atoms with van der Waals surface area (Å²) in [6.45, 7) is 4.98. The first-order valence-electron chi connectivity index (χ1n) is 7.95. The number of pyridine rings is 1. The summed E-state index contributed by atoms with van der Waals surface area (Å²) < 4.78 is 1.90. The average Bonchev–Trinajstić information content (AvgIpc) is 3.04. The average molecular weight is 331 g/mol. The Labute approximate surface area is 139 Å². The van der Waals surface area contributed by atoms with Crippen LogP contribution in [0, 0.1) is 5.92 Å². The van der Waals surface area contributed by atoms with Gasteiger partial charge in [0.05, 0.1) is 5.51 Å². The van der Waals surface area contributed by atoms with Gasteiger partial charge in [-0.05, 0) is 30.7 Å². The summed E-state index contributed by atoms with van der Waals surface area (Å²) in [4.78, 5) is 28.3. The highest BCUT2D eigenvalue weighted by Crippen LogP contribution is 2.21. The van der Waals surface area contributed by atoms with Gasteiger partial charge >= 0.3 is 0 Å². The zero-order chi connectivity index (χ0) is 16.4. The Morgan fingerprint density at radius 3 is 3.00 bits per heavy atom. The van der Waals surface area contributed by atoms with E-state index < -0.39 is 0 Å². The van der Waals surface area contributed by atoms with Crippen LogP contribution in [0.15, 0.2) is 27.8 Å². The normalized spacial score (nSPS) is 17.1. The molecule has 6 heteroatoms. The van der Waals surface area contributed by atoms with Crippen LogP contribution in [0.3, 0.4) is 0 Å². The van der Waals surface area contributed by atoms with E-state index in [2.05, 4.69) is 24.1 Å². The van der Waals surface area contributed by atoms with Crippen LogP contribution in [0.5, 0.6) is 0 Å². The Hall–Kier alpha value is -1.95. The highest BCUT2D eigenvalue weighted by molar-refractivity contribution is 7.07. The van der Waals surface area contributed by atoms with Crippen LogP contribution in [0.1, 0.15) is 42.0 Å². The zero-order valence-electron chi connectivity index (χ0n) is 13.4. The Balaban J connectivity index is 1.76. The van der Waals surface area contributed by atoms with Crippen molar-refractivity contribution in [1.29, 1.82) is 0 Å². The molecule has 2 heterocycles. The second kappa shape index (κ2) is 6.66. The minimum Gasteiger partial charge on any atom is -0.348 e. The largest absolute Gasteiger partial charge is 0.348 e. The maximum atomic E-state index is 12.1. The van der Waals surface area contributed by atoms with Crippen LogP contribution in [-0.2, 0) is 19.4 Å². The number of rotatable bonds is 4. The molecule has 1 atom stereocenters. The zero-order valence-corrected chi connectivity index (χ0v) is 14.2. The number of nitrogens with zero attached hydrogens (tertiary/aromatic N) is 2. The van der Waals surface area contributed by atoms with Gasteiger partial charge in [-0.1, -0.05) is 19.9 Å². The molecule has 122 valence electrons. The minimum absolute atomic E-state index is 0.0717. The third kappa shape index (κ3) is 3.52. The van der Waals surface area contributed by atoms with Crippen molar-refractivity contribution in [3.8, 4) is 0 Å². The molecule has 1 aliphatic rings. The molecule has 5 nitrogen and oxygen atoms in total. The number of amides is 1. The van der Waals surface area contributed by atoms with Crippen molar-refractivity contribution in [2.45, 2.75) is 45.7 Å². The lowest BCUT2D eigenvalue weighted by Crippen LogP contribution is -2.40. The van der Waals surface area contributed by atoms with Gasteiger partial charge in [0.1, 0.15) is 5.69 Å². The van der Waals surface area contributed by atoms with Crippen molar-refractivity contribution in [1.82, 2.24) is 14.9 Å². The standard InChI is InChI=1S/C17H21N3O2S/c1-11(2)8-20-15-5-4-13(7-12(15)3-6-16(20)21)19-17(22)14-9-23-10-18-14/h3,6,9-11,13H,4-5,7-8H2,1-2H3,(H,19,22). The van der Waals surface area contributed by atoms with Gasteiger partial charge in [-0.25, -0.2) is 4.98 Å². The van der Waals surface area contributed by atoms with Crippen molar-refractivity contribution in [2.75, 3.05) is 0 Å². The fourth-order valence-corrected chi connectivity index (χ4v) is 3.63. The second-order valence-corrected chi connectivity index (χ2v) is 7.15. The third-order valence-corrected chi connectivity index (χ3v) is 4.72. The predicted molar refractivity (Wildman–Crippen MR) is 90.9 cm³/mol. The number of hydrogen-bond donors (Lipinski definition) is 1. The lowest BCUT2D eigenvalue weighted by Gasteiger charge is -2.28. The molecule has 0 saturated heterocycles. The predicted octanol–water partition coefficient (Wildman–Crippen LogP) is 2.25. The summed E-state index contributed by atoms with van der Waals surface area (Å²) in [5.74, 6) is 0.316. The van der Waals surface area contributed by atoms with Crippen LogP contribution in [0.4, 0.5) is 0 Å². The highest BCUT2D eigenvalue weighted by Gasteiger charge is 2.23. The first kappa shape index (κ1) is 15.9. The highest BCUT2D eigenvalue weighted by atomic mass is 32.1. The Morgan fingerprint density at radius 2 is 2.30 bits per heavy atom. The van der Waals surface area contributed by atoms with Gasteiger partial charge in [0, 0.05) is 29.7 Å². The lowest BCUT2D eigenvalue weighted by atomic mass is 9.91. The van der Waals surface area contributed by atoms with Crippen LogP contribution in [-0.4, -0.2) is 21.5 Å². The molecule has 1 unspecified atom stereocenters. The number of thiazole rings is 1. The number of nitrogens with one attached hydrogen (secondary N) is 1. The van der Waals surface area contributed by atoms with E-state index in [1.807, 2.05) is 10.6 Å². The summed E-state index contributed by atoms with van der Waals surface area (Å²) in [6.07, 6.45) is 2.44. The van der Waals surface area contributed by atoms with E-state index >= 15 is 0 Å². The van der Waals surface area contributed by atoms with E-state index in [1.54, 1.807) is 17.0 Å². The quantitative estimate of drug-likeness (QED) is 0.934. The van der Waals surface area contributed by atoms with Gasteiger partial charge in [0.2, 0.25) is 0 Å². The molecule has 2 aromatic rings. The van der Waals surface area contributed by atoms with Crippen LogP contribution in [0.2, 0.25) is 0 Å². The first-order chi connectivity index (χ1) is 11.0. The Morgan fingerprint density at radius 1 is 1.48 bits per heavy atom. The Bertz CT molecular complexity index is 750. The van der Waals surface area contributed by atoms with Gasteiger partial charge in [-0.15, -0.1) is 11.3 Å². The van der Waals surface area contributed by atoms with Gasteiger partial charge in [-0.2, -0.15) is 0 Å². The first-order valence-corrected chi connectivity index (χ1v) is 8.89. The smallest absolute Gasteiger partial charge is 0.270 e. The van der Waals surface area contributed by atoms with E-state index in [1.165, 1.54) is 16.9 Å². The van der Waals surface area contributed by atoms with Gasteiger partial charge in [0.15, 0.2) is 0 Å². The van der Waals surface area contributed by atoms with Crippen LogP contribution >= 0.6 is 11.3 Å². The summed E-state index contributed by atoms with van der Waals surface area (Å²) in [7, 11) is 0. The van der Waals surface area contributed by atoms with Gasteiger partial charge in [-0.3, -0.25) is 9.59 Å². The summed E-state index contributed by atoms with van der Waals surface area (Å²) in [5, 5.41) is 4.81. The topological polar surface area (TPSA) is 64.0 Å². The number of fused-ring (bicyclic) bond motifs is 1. The number of carbonyl (C=O) groups is 1. The van der Waals surface area contributed by atoms with Crippen molar-refractivity contribution in [3.05, 3.63) is 50.3 Å². The van der Waals surface area contributed by atoms with E-state index in [0.29, 0.717) is 11.6 Å². The van der Waals surface area contributed by atoms with Crippen molar-refractivity contribution >= 4 is 17.2 Å². The van der Waals surface area contributed by atoms with E-state index in [9.17, 15) is 9.59 Å². The third-order valence-electron chi connectivity index (χ3n) is 4.13.